The van der Waals surface area contributed by atoms with Crippen LogP contribution < -0.4 is 0 Å². The number of hydrogen-bond acceptors (Lipinski definition) is 2. The van der Waals surface area contributed by atoms with E-state index in [1.54, 1.807) is 30.3 Å². The molecular formula is C17H12Cl2O3. The zero-order valence-corrected chi connectivity index (χ0v) is 13.0. The Balaban J connectivity index is 1.91. The van der Waals surface area contributed by atoms with Crippen molar-refractivity contribution in [2.24, 2.45) is 5.92 Å². The van der Waals surface area contributed by atoms with Gasteiger partial charge in [0.15, 0.2) is 5.78 Å². The second-order valence-electron chi connectivity index (χ2n) is 5.38. The van der Waals surface area contributed by atoms with Gasteiger partial charge in [0.05, 0.1) is 16.0 Å². The number of ketones is 1. The fourth-order valence-corrected chi connectivity index (χ4v) is 3.04. The van der Waals surface area contributed by atoms with Gasteiger partial charge in [-0.3, -0.25) is 9.59 Å². The topological polar surface area (TPSA) is 54.4 Å². The van der Waals surface area contributed by atoms with Gasteiger partial charge in [-0.25, -0.2) is 0 Å². The monoisotopic (exact) mass is 334 g/mol. The summed E-state index contributed by atoms with van der Waals surface area (Å²) in [4.78, 5) is 23.6. The summed E-state index contributed by atoms with van der Waals surface area (Å²) in [5, 5.41) is 9.84. The Labute approximate surface area is 137 Å². The third-order valence-corrected chi connectivity index (χ3v) is 4.67. The fraction of sp³-hybridized carbons (Fsp3) is 0.176. The van der Waals surface area contributed by atoms with Crippen molar-refractivity contribution >= 4 is 35.0 Å². The van der Waals surface area contributed by atoms with Crippen LogP contribution in [0.5, 0.6) is 0 Å². The maximum Gasteiger partial charge on any atom is 0.307 e. The third-order valence-electron chi connectivity index (χ3n) is 3.93. The lowest BCUT2D eigenvalue weighted by Crippen LogP contribution is -2.12. The molecule has 2 aromatic rings. The largest absolute Gasteiger partial charge is 0.481 e. The predicted octanol–water partition coefficient (Wildman–Crippen LogP) is 4.02. The van der Waals surface area contributed by atoms with Crippen molar-refractivity contribution in [1.29, 1.82) is 0 Å². The molecule has 1 unspecified atom stereocenters. The van der Waals surface area contributed by atoms with Crippen LogP contribution in [-0.2, 0) is 17.6 Å². The van der Waals surface area contributed by atoms with E-state index in [1.165, 1.54) is 0 Å². The van der Waals surface area contributed by atoms with E-state index in [0.717, 1.165) is 11.1 Å². The molecule has 0 spiro atoms. The SMILES string of the molecule is O=C(c1ccc(Cl)c(Cl)c1)c1ccc2c(c1)CC(C(=O)O)C2. The summed E-state index contributed by atoms with van der Waals surface area (Å²) in [7, 11) is 0. The highest BCUT2D eigenvalue weighted by Crippen LogP contribution is 2.29. The molecule has 3 rings (SSSR count). The van der Waals surface area contributed by atoms with Crippen LogP contribution in [0.25, 0.3) is 0 Å². The van der Waals surface area contributed by atoms with Crippen LogP contribution >= 0.6 is 23.2 Å². The maximum absolute atomic E-state index is 12.5. The van der Waals surface area contributed by atoms with E-state index >= 15 is 0 Å². The number of aliphatic carboxylic acids is 1. The van der Waals surface area contributed by atoms with Crippen LogP contribution in [-0.4, -0.2) is 16.9 Å². The fourth-order valence-electron chi connectivity index (χ4n) is 2.74. The Kier molecular flexibility index (Phi) is 3.94. The van der Waals surface area contributed by atoms with Crippen LogP contribution in [0.3, 0.4) is 0 Å². The molecule has 22 heavy (non-hydrogen) atoms. The molecule has 0 heterocycles. The Bertz CT molecular complexity index is 783. The number of carbonyl (C=O) groups excluding carboxylic acids is 1. The van der Waals surface area contributed by atoms with Crippen molar-refractivity contribution in [2.45, 2.75) is 12.8 Å². The first-order chi connectivity index (χ1) is 10.5. The van der Waals surface area contributed by atoms with Crippen LogP contribution in [0.2, 0.25) is 10.0 Å². The van der Waals surface area contributed by atoms with E-state index in [-0.39, 0.29) is 5.78 Å². The van der Waals surface area contributed by atoms with Crippen molar-refractivity contribution in [3.8, 4) is 0 Å². The Morgan fingerprint density at radius 3 is 2.23 bits per heavy atom. The van der Waals surface area contributed by atoms with Gasteiger partial charge in [0.1, 0.15) is 0 Å². The van der Waals surface area contributed by atoms with E-state index in [9.17, 15) is 9.59 Å². The van der Waals surface area contributed by atoms with E-state index in [0.29, 0.717) is 34.0 Å². The van der Waals surface area contributed by atoms with E-state index < -0.39 is 11.9 Å². The lowest BCUT2D eigenvalue weighted by molar-refractivity contribution is -0.141. The quantitative estimate of drug-likeness (QED) is 0.862. The first-order valence-electron chi connectivity index (χ1n) is 6.80. The van der Waals surface area contributed by atoms with Crippen molar-refractivity contribution < 1.29 is 14.7 Å². The highest BCUT2D eigenvalue weighted by atomic mass is 35.5. The van der Waals surface area contributed by atoms with Gasteiger partial charge in [0, 0.05) is 11.1 Å². The smallest absolute Gasteiger partial charge is 0.307 e. The standard InChI is InChI=1S/C17H12Cl2O3/c18-14-4-3-11(8-15(14)19)16(20)10-2-1-9-5-13(17(21)22)7-12(9)6-10/h1-4,6,8,13H,5,7H2,(H,21,22). The highest BCUT2D eigenvalue weighted by Gasteiger charge is 2.27. The first kappa shape index (κ1) is 15.1. The van der Waals surface area contributed by atoms with Crippen molar-refractivity contribution in [2.75, 3.05) is 0 Å². The maximum atomic E-state index is 12.5. The molecular weight excluding hydrogens is 323 g/mol. The zero-order valence-electron chi connectivity index (χ0n) is 11.5. The number of rotatable bonds is 3. The molecule has 0 amide bonds. The minimum absolute atomic E-state index is 0.153. The molecule has 1 aliphatic carbocycles. The number of hydrogen-bond donors (Lipinski definition) is 1. The average Bonchev–Trinajstić information content (AvgIpc) is 2.92. The Hall–Kier alpha value is -1.84. The molecule has 112 valence electrons. The molecule has 0 saturated carbocycles. The summed E-state index contributed by atoms with van der Waals surface area (Å²) in [6.45, 7) is 0. The summed E-state index contributed by atoms with van der Waals surface area (Å²) in [6, 6.07) is 10.1. The molecule has 0 aliphatic heterocycles. The van der Waals surface area contributed by atoms with Crippen LogP contribution in [0.4, 0.5) is 0 Å². The van der Waals surface area contributed by atoms with Gasteiger partial charge in [0.25, 0.3) is 0 Å². The second-order valence-corrected chi connectivity index (χ2v) is 6.20. The third kappa shape index (κ3) is 2.74. The summed E-state index contributed by atoms with van der Waals surface area (Å²) >= 11 is 11.8. The molecule has 3 nitrogen and oxygen atoms in total. The number of benzene rings is 2. The normalized spacial score (nSPS) is 16.4. The molecule has 1 aliphatic rings. The van der Waals surface area contributed by atoms with Crippen molar-refractivity contribution in [3.63, 3.8) is 0 Å². The second kappa shape index (κ2) is 5.75. The number of fused-ring (bicyclic) bond motifs is 1. The van der Waals surface area contributed by atoms with E-state index in [1.807, 2.05) is 6.07 Å². The first-order valence-corrected chi connectivity index (χ1v) is 7.55. The summed E-state index contributed by atoms with van der Waals surface area (Å²) in [6.07, 6.45) is 0.985. The van der Waals surface area contributed by atoms with Gasteiger partial charge in [-0.1, -0.05) is 35.3 Å². The summed E-state index contributed by atoms with van der Waals surface area (Å²) < 4.78 is 0. The summed E-state index contributed by atoms with van der Waals surface area (Å²) in [5.74, 6) is -1.35. The van der Waals surface area contributed by atoms with E-state index in [2.05, 4.69) is 0 Å². The number of carboxylic acid groups (broad SMARTS) is 1. The van der Waals surface area contributed by atoms with Gasteiger partial charge in [0.2, 0.25) is 0 Å². The van der Waals surface area contributed by atoms with Crippen molar-refractivity contribution in [1.82, 2.24) is 0 Å². The van der Waals surface area contributed by atoms with Crippen LogP contribution in [0, 0.1) is 5.92 Å². The van der Waals surface area contributed by atoms with Gasteiger partial charge in [-0.2, -0.15) is 0 Å². The van der Waals surface area contributed by atoms with Gasteiger partial charge in [-0.05, 0) is 48.2 Å². The Morgan fingerprint density at radius 1 is 0.909 bits per heavy atom. The zero-order chi connectivity index (χ0) is 15.9. The molecule has 0 saturated heterocycles. The van der Waals surface area contributed by atoms with Crippen LogP contribution in [0.1, 0.15) is 27.0 Å². The molecule has 0 fully saturated rings. The van der Waals surface area contributed by atoms with Gasteiger partial charge < -0.3 is 5.11 Å². The Morgan fingerprint density at radius 2 is 1.55 bits per heavy atom. The van der Waals surface area contributed by atoms with Crippen LogP contribution in [0.15, 0.2) is 36.4 Å². The highest BCUT2D eigenvalue weighted by molar-refractivity contribution is 6.42. The lowest BCUT2D eigenvalue weighted by Gasteiger charge is -2.05. The molecule has 1 N–H and O–H groups in total. The number of carboxylic acids is 1. The lowest BCUT2D eigenvalue weighted by atomic mass is 9.99. The number of carbonyl (C=O) groups is 2. The molecule has 5 heteroatoms. The molecule has 0 bridgehead atoms. The molecule has 2 aromatic carbocycles. The summed E-state index contributed by atoms with van der Waals surface area (Å²) in [5.41, 5.74) is 2.92. The average molecular weight is 335 g/mol. The number of halogens is 2. The van der Waals surface area contributed by atoms with E-state index in [4.69, 9.17) is 28.3 Å². The molecule has 1 atom stereocenters. The van der Waals surface area contributed by atoms with Crippen molar-refractivity contribution in [3.05, 3.63) is 68.7 Å². The minimum atomic E-state index is -0.798. The minimum Gasteiger partial charge on any atom is -0.481 e. The molecule has 0 radical (unpaired) electrons. The van der Waals surface area contributed by atoms with Gasteiger partial charge in [-0.15, -0.1) is 0 Å². The predicted molar refractivity (Wildman–Crippen MR) is 84.9 cm³/mol. The van der Waals surface area contributed by atoms with Gasteiger partial charge >= 0.3 is 5.97 Å². The molecule has 0 aromatic heterocycles.